The molecule has 0 unspecified atom stereocenters. The molecule has 4 N–H and O–H groups in total. The van der Waals surface area contributed by atoms with Crippen LogP contribution in [0.4, 0.5) is 30.8 Å². The Morgan fingerprint density at radius 2 is 1.72 bits per heavy atom. The van der Waals surface area contributed by atoms with E-state index in [1.54, 1.807) is 6.07 Å². The molecule has 0 saturated carbocycles. The van der Waals surface area contributed by atoms with E-state index in [0.717, 1.165) is 43.5 Å². The van der Waals surface area contributed by atoms with Gasteiger partial charge in [0.05, 0.1) is 11.1 Å². The van der Waals surface area contributed by atoms with Gasteiger partial charge >= 0.3 is 6.09 Å². The van der Waals surface area contributed by atoms with Gasteiger partial charge in [-0.2, -0.15) is 5.10 Å². The number of aromatic nitrogens is 2. The number of benzene rings is 3. The summed E-state index contributed by atoms with van der Waals surface area (Å²) in [5, 5.41) is 23.4. The average Bonchev–Trinajstić information content (AvgIpc) is 3.33. The summed E-state index contributed by atoms with van der Waals surface area (Å²) in [5.41, 5.74) is 4.13. The van der Waals surface area contributed by atoms with Crippen LogP contribution in [-0.4, -0.2) is 90.0 Å². The Morgan fingerprint density at radius 1 is 0.977 bits per heavy atom. The largest absolute Gasteiger partial charge is 0.465 e. The number of likely N-dealkylation sites (N-methyl/N-ethyl adjacent to an activating group) is 1. The average molecular weight is 590 g/mol. The molecule has 4 aromatic rings. The fourth-order valence-electron chi connectivity index (χ4n) is 5.64. The number of amides is 2. The van der Waals surface area contributed by atoms with Gasteiger partial charge in [0.1, 0.15) is 11.6 Å². The molecule has 6 rings (SSSR count). The zero-order chi connectivity index (χ0) is 30.1. The van der Waals surface area contributed by atoms with Crippen molar-refractivity contribution in [1.29, 1.82) is 0 Å². The first kappa shape index (κ1) is 28.4. The molecule has 0 radical (unpaired) electrons. The summed E-state index contributed by atoms with van der Waals surface area (Å²) >= 11 is 0. The van der Waals surface area contributed by atoms with Gasteiger partial charge in [-0.15, -0.1) is 0 Å². The maximum atomic E-state index is 13.7. The summed E-state index contributed by atoms with van der Waals surface area (Å²) in [6.07, 6.45) is -0.614. The van der Waals surface area contributed by atoms with Crippen LogP contribution < -0.4 is 15.5 Å². The van der Waals surface area contributed by atoms with E-state index < -0.39 is 17.7 Å². The van der Waals surface area contributed by atoms with E-state index in [1.807, 2.05) is 30.3 Å². The van der Waals surface area contributed by atoms with Crippen LogP contribution in [0.1, 0.15) is 21.5 Å². The number of carbonyl (C=O) groups excluding carboxylic acids is 1. The molecule has 43 heavy (non-hydrogen) atoms. The minimum absolute atomic E-state index is 0.152. The van der Waals surface area contributed by atoms with E-state index in [0.29, 0.717) is 59.6 Å². The number of hydrogen-bond acceptors (Lipinski definition) is 6. The molecule has 0 atom stereocenters. The number of nitrogens with one attached hydrogen (secondary N) is 3. The van der Waals surface area contributed by atoms with Crippen LogP contribution in [0.15, 0.2) is 54.6 Å². The van der Waals surface area contributed by atoms with E-state index in [-0.39, 0.29) is 11.8 Å². The molecule has 1 aromatic heterocycles. The molecule has 0 spiro atoms. The lowest BCUT2D eigenvalue weighted by molar-refractivity contribution is 0.0864. The number of aromatic amines is 1. The van der Waals surface area contributed by atoms with Crippen LogP contribution in [0.25, 0.3) is 10.9 Å². The van der Waals surface area contributed by atoms with Crippen LogP contribution in [-0.2, 0) is 6.42 Å². The summed E-state index contributed by atoms with van der Waals surface area (Å²) in [5.74, 6) is -1.12. The Kier molecular flexibility index (Phi) is 7.85. The number of piperazine rings is 1. The van der Waals surface area contributed by atoms with Gasteiger partial charge in [0, 0.05) is 74.6 Å². The van der Waals surface area contributed by atoms with Crippen molar-refractivity contribution in [2.75, 3.05) is 68.4 Å². The van der Waals surface area contributed by atoms with Crippen molar-refractivity contribution in [1.82, 2.24) is 20.0 Å². The summed E-state index contributed by atoms with van der Waals surface area (Å²) in [6, 6.07) is 14.7. The van der Waals surface area contributed by atoms with Gasteiger partial charge in [0.25, 0.3) is 5.91 Å². The first-order valence-corrected chi connectivity index (χ1v) is 14.2. The van der Waals surface area contributed by atoms with Crippen molar-refractivity contribution in [2.45, 2.75) is 6.42 Å². The highest BCUT2D eigenvalue weighted by Crippen LogP contribution is 2.29. The number of rotatable bonds is 8. The van der Waals surface area contributed by atoms with Crippen LogP contribution >= 0.6 is 0 Å². The first-order valence-electron chi connectivity index (χ1n) is 14.2. The number of anilines is 3. The fraction of sp³-hybridized carbons (Fsp3) is 0.323. The number of carboxylic acid groups (broad SMARTS) is 1. The summed E-state index contributed by atoms with van der Waals surface area (Å²) in [6.45, 7) is 5.08. The second kappa shape index (κ2) is 11.9. The van der Waals surface area contributed by atoms with Crippen molar-refractivity contribution in [3.63, 3.8) is 0 Å². The Labute approximate surface area is 247 Å². The molecule has 3 aromatic carbocycles. The highest BCUT2D eigenvalue weighted by molar-refractivity contribution is 6.11. The molecule has 2 aliphatic heterocycles. The number of fused-ring (bicyclic) bond motifs is 1. The Morgan fingerprint density at radius 3 is 2.44 bits per heavy atom. The normalized spacial score (nSPS) is 15.9. The second-order valence-corrected chi connectivity index (χ2v) is 11.3. The molecule has 0 bridgehead atoms. The number of hydrogen-bond donors (Lipinski definition) is 4. The Hall–Kier alpha value is -4.71. The quantitative estimate of drug-likeness (QED) is 0.240. The van der Waals surface area contributed by atoms with E-state index in [9.17, 15) is 18.4 Å². The molecule has 0 aliphatic carbocycles. The second-order valence-electron chi connectivity index (χ2n) is 11.3. The maximum absolute atomic E-state index is 13.7. The van der Waals surface area contributed by atoms with Crippen molar-refractivity contribution >= 4 is 40.1 Å². The number of likely N-dealkylation sites (tertiary alicyclic amines) is 1. The minimum Gasteiger partial charge on any atom is -0.465 e. The van der Waals surface area contributed by atoms with Gasteiger partial charge < -0.3 is 30.4 Å². The monoisotopic (exact) mass is 589 g/mol. The lowest BCUT2D eigenvalue weighted by atomic mass is 10.0. The molecule has 3 heterocycles. The number of H-pyrrole nitrogens is 1. The van der Waals surface area contributed by atoms with E-state index in [4.69, 9.17) is 5.11 Å². The molecule has 224 valence electrons. The predicted octanol–water partition coefficient (Wildman–Crippen LogP) is 4.46. The summed E-state index contributed by atoms with van der Waals surface area (Å²) < 4.78 is 27.4. The molecule has 2 fully saturated rings. The van der Waals surface area contributed by atoms with Crippen LogP contribution in [0.2, 0.25) is 0 Å². The first-order chi connectivity index (χ1) is 20.7. The third-order valence-corrected chi connectivity index (χ3v) is 8.11. The standard InChI is InChI=1S/C31H33F2N7O3/c1-38-6-8-39(9-7-38)24-3-4-25(28(15-24)34-16-21-17-40(18-21)31(42)43)30(41)35-29-26-13-19(2-5-27(26)36-37-29)10-20-11-22(32)14-23(33)12-20/h2-5,11-15,21,34H,6-10,16-18H2,1H3,(H,42,43)(H2,35,36,37,41). The molecule has 2 amide bonds. The van der Waals surface area contributed by atoms with Crippen molar-refractivity contribution in [3.05, 3.63) is 82.9 Å². The van der Waals surface area contributed by atoms with Gasteiger partial charge in [-0.25, -0.2) is 13.6 Å². The topological polar surface area (TPSA) is 117 Å². The Bertz CT molecular complexity index is 1640. The SMILES string of the molecule is CN1CCN(c2ccc(C(=O)Nc3n[nH]c4ccc(Cc5cc(F)cc(F)c5)cc34)c(NCC3CN(C(=O)O)C3)c2)CC1. The van der Waals surface area contributed by atoms with Crippen LogP contribution in [0.3, 0.4) is 0 Å². The number of carbonyl (C=O) groups is 2. The number of halogens is 2. The molecule has 2 saturated heterocycles. The molecule has 12 heteroatoms. The zero-order valence-electron chi connectivity index (χ0n) is 23.7. The van der Waals surface area contributed by atoms with Crippen molar-refractivity contribution in [3.8, 4) is 0 Å². The third kappa shape index (κ3) is 6.38. The highest BCUT2D eigenvalue weighted by atomic mass is 19.1. The third-order valence-electron chi connectivity index (χ3n) is 8.11. The van der Waals surface area contributed by atoms with Crippen molar-refractivity contribution in [2.24, 2.45) is 5.92 Å². The van der Waals surface area contributed by atoms with E-state index in [1.165, 1.54) is 17.0 Å². The smallest absolute Gasteiger partial charge is 0.407 e. The van der Waals surface area contributed by atoms with Gasteiger partial charge in [-0.05, 0) is 67.1 Å². The van der Waals surface area contributed by atoms with Gasteiger partial charge in [-0.3, -0.25) is 9.89 Å². The zero-order valence-corrected chi connectivity index (χ0v) is 23.7. The van der Waals surface area contributed by atoms with Crippen LogP contribution in [0, 0.1) is 17.6 Å². The van der Waals surface area contributed by atoms with Gasteiger partial charge in [0.15, 0.2) is 5.82 Å². The molecule has 2 aliphatic rings. The lowest BCUT2D eigenvalue weighted by Crippen LogP contribution is -2.51. The summed E-state index contributed by atoms with van der Waals surface area (Å²) in [7, 11) is 2.10. The fourth-order valence-corrected chi connectivity index (χ4v) is 5.64. The Balaban J connectivity index is 1.22. The maximum Gasteiger partial charge on any atom is 0.407 e. The van der Waals surface area contributed by atoms with Gasteiger partial charge in [0.2, 0.25) is 0 Å². The van der Waals surface area contributed by atoms with Crippen molar-refractivity contribution < 1.29 is 23.5 Å². The van der Waals surface area contributed by atoms with Gasteiger partial charge in [-0.1, -0.05) is 6.07 Å². The highest BCUT2D eigenvalue weighted by Gasteiger charge is 2.30. The summed E-state index contributed by atoms with van der Waals surface area (Å²) in [4.78, 5) is 30.7. The van der Waals surface area contributed by atoms with E-state index in [2.05, 4.69) is 37.7 Å². The molecular weight excluding hydrogens is 556 g/mol. The van der Waals surface area contributed by atoms with E-state index >= 15 is 0 Å². The predicted molar refractivity (Wildman–Crippen MR) is 161 cm³/mol. The van der Waals surface area contributed by atoms with Crippen LogP contribution in [0.5, 0.6) is 0 Å². The minimum atomic E-state index is -0.925. The lowest BCUT2D eigenvalue weighted by Gasteiger charge is -2.37. The number of nitrogens with zero attached hydrogens (tertiary/aromatic N) is 4. The molecule has 10 nitrogen and oxygen atoms in total. The molecular formula is C31H33F2N7O3.